The first kappa shape index (κ1) is 15.8. The quantitative estimate of drug-likeness (QED) is 0.868. The molecule has 0 saturated heterocycles. The Balaban J connectivity index is 2.33. The summed E-state index contributed by atoms with van der Waals surface area (Å²) in [5.74, 6) is 0.147. The molecule has 0 amide bonds. The number of para-hydroxylation sites is 1. The molecule has 1 aliphatic heterocycles. The predicted octanol–water partition coefficient (Wildman–Crippen LogP) is 2.71. The van der Waals surface area contributed by atoms with Gasteiger partial charge in [-0.05, 0) is 26.0 Å². The van der Waals surface area contributed by atoms with Crippen LogP contribution in [0.2, 0.25) is 0 Å². The highest BCUT2D eigenvalue weighted by molar-refractivity contribution is 5.79. The van der Waals surface area contributed by atoms with Crippen LogP contribution in [0.3, 0.4) is 0 Å². The molecule has 3 rings (SSSR count). The van der Waals surface area contributed by atoms with E-state index in [2.05, 4.69) is 11.1 Å². The first-order valence-corrected chi connectivity index (χ1v) is 7.78. The van der Waals surface area contributed by atoms with Crippen LogP contribution in [0.5, 0.6) is 11.9 Å². The summed E-state index contributed by atoms with van der Waals surface area (Å²) in [6, 6.07) is 11.3. The second kappa shape index (κ2) is 6.59. The minimum Gasteiger partial charge on any atom is -0.474 e. The number of aromatic nitrogens is 2. The van der Waals surface area contributed by atoms with Gasteiger partial charge in [-0.3, -0.25) is 4.79 Å². The Morgan fingerprint density at radius 2 is 2.17 bits per heavy atom. The molecule has 0 fully saturated rings. The van der Waals surface area contributed by atoms with Crippen molar-refractivity contribution in [3.63, 3.8) is 0 Å². The van der Waals surface area contributed by atoms with E-state index in [0.29, 0.717) is 18.7 Å². The zero-order valence-corrected chi connectivity index (χ0v) is 13.5. The molecule has 2 heterocycles. The number of rotatable bonds is 3. The van der Waals surface area contributed by atoms with Crippen LogP contribution in [0.15, 0.2) is 41.2 Å². The van der Waals surface area contributed by atoms with Crippen molar-refractivity contribution < 1.29 is 9.47 Å². The average Bonchev–Trinajstić information content (AvgIpc) is 2.74. The summed E-state index contributed by atoms with van der Waals surface area (Å²) in [5.41, 5.74) is 0.695. The second-order valence-corrected chi connectivity index (χ2v) is 5.38. The van der Waals surface area contributed by atoms with E-state index in [-0.39, 0.29) is 34.7 Å². The van der Waals surface area contributed by atoms with Gasteiger partial charge in [0.05, 0.1) is 23.9 Å². The highest BCUT2D eigenvalue weighted by Crippen LogP contribution is 2.29. The minimum atomic E-state index is -0.378. The van der Waals surface area contributed by atoms with E-state index in [9.17, 15) is 10.1 Å². The van der Waals surface area contributed by atoms with Crippen LogP contribution in [-0.2, 0) is 0 Å². The highest BCUT2D eigenvalue weighted by atomic mass is 16.5. The highest BCUT2D eigenvalue weighted by Gasteiger charge is 2.26. The monoisotopic (exact) mass is 323 g/mol. The van der Waals surface area contributed by atoms with Crippen LogP contribution in [0.4, 0.5) is 0 Å². The van der Waals surface area contributed by atoms with Crippen molar-refractivity contribution in [2.45, 2.75) is 26.4 Å². The number of hydrogen-bond donors (Lipinski definition) is 0. The van der Waals surface area contributed by atoms with Gasteiger partial charge in [-0.1, -0.05) is 24.3 Å². The van der Waals surface area contributed by atoms with Gasteiger partial charge in [0.25, 0.3) is 5.56 Å². The smallest absolute Gasteiger partial charge is 0.307 e. The van der Waals surface area contributed by atoms with Crippen molar-refractivity contribution in [3.8, 4) is 23.6 Å². The van der Waals surface area contributed by atoms with Crippen molar-refractivity contribution in [1.82, 2.24) is 9.55 Å². The molecule has 6 nitrogen and oxygen atoms in total. The van der Waals surface area contributed by atoms with E-state index in [4.69, 9.17) is 9.47 Å². The lowest BCUT2D eigenvalue weighted by atomic mass is 10.1. The fourth-order valence-electron chi connectivity index (χ4n) is 2.56. The summed E-state index contributed by atoms with van der Waals surface area (Å²) < 4.78 is 12.7. The van der Waals surface area contributed by atoms with Crippen LogP contribution in [0.1, 0.15) is 25.8 Å². The molecule has 6 heteroatoms. The SMILES string of the molecule is CCOc1nc2c(c(=O)n1-c1ccccc1)C(C#N)=CCC(C)O2. The fraction of sp³-hybridized carbons (Fsp3) is 0.278. The van der Waals surface area contributed by atoms with Gasteiger partial charge < -0.3 is 9.47 Å². The predicted molar refractivity (Wildman–Crippen MR) is 89.3 cm³/mol. The van der Waals surface area contributed by atoms with E-state index in [1.165, 1.54) is 4.57 Å². The lowest BCUT2D eigenvalue weighted by molar-refractivity contribution is 0.210. The van der Waals surface area contributed by atoms with Gasteiger partial charge in [-0.2, -0.15) is 10.2 Å². The van der Waals surface area contributed by atoms with Crippen LogP contribution in [0.25, 0.3) is 11.3 Å². The van der Waals surface area contributed by atoms with Crippen LogP contribution >= 0.6 is 0 Å². The van der Waals surface area contributed by atoms with E-state index in [1.54, 1.807) is 18.2 Å². The Hall–Kier alpha value is -3.07. The first-order valence-electron chi connectivity index (χ1n) is 7.78. The second-order valence-electron chi connectivity index (χ2n) is 5.38. The molecule has 122 valence electrons. The normalized spacial score (nSPS) is 16.2. The van der Waals surface area contributed by atoms with Gasteiger partial charge in [0.1, 0.15) is 11.7 Å². The van der Waals surface area contributed by atoms with E-state index in [1.807, 2.05) is 32.0 Å². The Kier molecular flexibility index (Phi) is 4.34. The van der Waals surface area contributed by atoms with Crippen molar-refractivity contribution in [1.29, 1.82) is 5.26 Å². The molecule has 0 saturated carbocycles. The number of nitrogens with zero attached hydrogens (tertiary/aromatic N) is 3. The van der Waals surface area contributed by atoms with Crippen molar-refractivity contribution >= 4 is 5.57 Å². The minimum absolute atomic E-state index is 0.147. The summed E-state index contributed by atoms with van der Waals surface area (Å²) in [7, 11) is 0. The molecule has 0 N–H and O–H groups in total. The number of ether oxygens (including phenoxy) is 2. The van der Waals surface area contributed by atoms with Gasteiger partial charge in [-0.15, -0.1) is 0 Å². The average molecular weight is 323 g/mol. The maximum Gasteiger partial charge on any atom is 0.307 e. The molecular formula is C18H17N3O3. The molecule has 0 radical (unpaired) electrons. The molecule has 2 aromatic rings. The molecule has 1 atom stereocenters. The summed E-state index contributed by atoms with van der Waals surface area (Å²) in [6.45, 7) is 4.04. The zero-order chi connectivity index (χ0) is 17.1. The van der Waals surface area contributed by atoms with Gasteiger partial charge in [0, 0.05) is 6.42 Å². The lowest BCUT2D eigenvalue weighted by Crippen LogP contribution is -2.26. The summed E-state index contributed by atoms with van der Waals surface area (Å²) in [4.78, 5) is 17.5. The summed E-state index contributed by atoms with van der Waals surface area (Å²) >= 11 is 0. The number of benzene rings is 1. The number of hydrogen-bond acceptors (Lipinski definition) is 5. The molecule has 0 aliphatic carbocycles. The molecule has 1 aromatic carbocycles. The lowest BCUT2D eigenvalue weighted by Gasteiger charge is -2.17. The van der Waals surface area contributed by atoms with E-state index >= 15 is 0 Å². The van der Waals surface area contributed by atoms with Crippen LogP contribution in [0, 0.1) is 11.3 Å². The topological polar surface area (TPSA) is 77.1 Å². The van der Waals surface area contributed by atoms with Crippen molar-refractivity contribution in [3.05, 3.63) is 52.3 Å². The zero-order valence-electron chi connectivity index (χ0n) is 13.5. The number of fused-ring (bicyclic) bond motifs is 1. The third-order valence-corrected chi connectivity index (χ3v) is 3.66. The Morgan fingerprint density at radius 1 is 1.42 bits per heavy atom. The van der Waals surface area contributed by atoms with Gasteiger partial charge >= 0.3 is 6.01 Å². The number of nitriles is 1. The number of allylic oxidation sites excluding steroid dienone is 1. The molecule has 24 heavy (non-hydrogen) atoms. The largest absolute Gasteiger partial charge is 0.474 e. The molecule has 0 bridgehead atoms. The maximum atomic E-state index is 13.1. The van der Waals surface area contributed by atoms with Gasteiger partial charge in [-0.25, -0.2) is 4.57 Å². The van der Waals surface area contributed by atoms with Crippen molar-refractivity contribution in [2.75, 3.05) is 6.61 Å². The fourth-order valence-corrected chi connectivity index (χ4v) is 2.56. The van der Waals surface area contributed by atoms with Crippen LogP contribution < -0.4 is 15.0 Å². The standard InChI is InChI=1S/C18H17N3O3/c1-3-23-18-20-16-15(13(11-19)10-9-12(2)24-16)17(22)21(18)14-7-5-4-6-8-14/h4-8,10,12H,3,9H2,1-2H3. The Bertz CT molecular complexity index is 879. The van der Waals surface area contributed by atoms with Crippen molar-refractivity contribution in [2.24, 2.45) is 0 Å². The van der Waals surface area contributed by atoms with E-state index < -0.39 is 0 Å². The molecular weight excluding hydrogens is 306 g/mol. The van der Waals surface area contributed by atoms with Gasteiger partial charge in [0.2, 0.25) is 5.88 Å². The van der Waals surface area contributed by atoms with Gasteiger partial charge in [0.15, 0.2) is 0 Å². The first-order chi connectivity index (χ1) is 11.7. The molecule has 1 unspecified atom stereocenters. The third-order valence-electron chi connectivity index (χ3n) is 3.66. The maximum absolute atomic E-state index is 13.1. The summed E-state index contributed by atoms with van der Waals surface area (Å²) in [5, 5.41) is 9.43. The van der Waals surface area contributed by atoms with Crippen LogP contribution in [-0.4, -0.2) is 22.3 Å². The molecule has 0 spiro atoms. The molecule has 1 aliphatic rings. The summed E-state index contributed by atoms with van der Waals surface area (Å²) in [6.07, 6.45) is 2.08. The third kappa shape index (κ3) is 2.76. The van der Waals surface area contributed by atoms with E-state index in [0.717, 1.165) is 0 Å². The Labute approximate surface area is 139 Å². The molecule has 1 aromatic heterocycles. The Morgan fingerprint density at radius 3 is 2.83 bits per heavy atom.